The monoisotopic (exact) mass is 610 g/mol. The number of aromatic carboxylic acids is 1. The summed E-state index contributed by atoms with van der Waals surface area (Å²) in [6, 6.07) is 21.0. The number of fused-ring (bicyclic) bond motifs is 2. The Balaban J connectivity index is 0.000000208. The van der Waals surface area contributed by atoms with Gasteiger partial charge >= 0.3 is 16.4 Å². The van der Waals surface area contributed by atoms with Crippen LogP contribution < -0.4 is 5.43 Å². The highest BCUT2D eigenvalue weighted by Crippen LogP contribution is 2.32. The Morgan fingerprint density at radius 3 is 1.90 bits per heavy atom. The zero-order chi connectivity index (χ0) is 30.0. The number of thiol groups is 1. The van der Waals surface area contributed by atoms with E-state index < -0.39 is 22.2 Å². The van der Waals surface area contributed by atoms with Crippen LogP contribution in [0.3, 0.4) is 0 Å². The van der Waals surface area contributed by atoms with Crippen molar-refractivity contribution in [2.75, 3.05) is 0 Å². The minimum atomic E-state index is -4.67. The highest BCUT2D eigenvalue weighted by molar-refractivity contribution is 7.80. The number of rotatable bonds is 1. The topological polar surface area (TPSA) is 169 Å². The first-order valence-electron chi connectivity index (χ1n) is 10.7. The minimum absolute atomic E-state index is 0.0336. The molecule has 0 fully saturated rings. The molecule has 0 radical (unpaired) electrons. The van der Waals surface area contributed by atoms with Gasteiger partial charge in [0.1, 0.15) is 23.1 Å². The Morgan fingerprint density at radius 2 is 1.38 bits per heavy atom. The van der Waals surface area contributed by atoms with E-state index in [4.69, 9.17) is 27.7 Å². The van der Waals surface area contributed by atoms with Crippen LogP contribution in [0.15, 0.2) is 94.6 Å². The number of halogens is 2. The molecule has 0 amide bonds. The van der Waals surface area contributed by atoms with Crippen LogP contribution in [0.4, 0.5) is 8.78 Å². The number of hydrogen-bond acceptors (Lipinski definition) is 8. The van der Waals surface area contributed by atoms with Crippen LogP contribution >= 0.6 is 24.0 Å². The van der Waals surface area contributed by atoms with Crippen LogP contribution in [0.5, 0.6) is 11.5 Å². The summed E-state index contributed by atoms with van der Waals surface area (Å²) in [4.78, 5) is 23.0. The fourth-order valence-electron chi connectivity index (χ4n) is 2.95. The van der Waals surface area contributed by atoms with Gasteiger partial charge in [-0.1, -0.05) is 24.3 Å². The summed E-state index contributed by atoms with van der Waals surface area (Å²) < 4.78 is 58.3. The van der Waals surface area contributed by atoms with Gasteiger partial charge in [0, 0.05) is 15.0 Å². The quantitative estimate of drug-likeness (QED) is 0.0779. The van der Waals surface area contributed by atoms with Crippen LogP contribution in [-0.4, -0.2) is 38.8 Å². The van der Waals surface area contributed by atoms with E-state index in [1.165, 1.54) is 47.7 Å². The van der Waals surface area contributed by atoms with Crippen LogP contribution in [0.2, 0.25) is 0 Å². The molecule has 0 aliphatic rings. The Kier molecular flexibility index (Phi) is 11.5. The van der Waals surface area contributed by atoms with E-state index in [2.05, 4.69) is 12.6 Å². The molecule has 0 unspecified atom stereocenters. The summed E-state index contributed by atoms with van der Waals surface area (Å²) in [5.41, 5.74) is -0.131. The second-order valence-corrected chi connectivity index (χ2v) is 9.87. The summed E-state index contributed by atoms with van der Waals surface area (Å²) in [5.74, 6) is -1.83. The molecular formula is C26H20F2O9S3. The minimum Gasteiger partial charge on any atom is -0.508 e. The first-order chi connectivity index (χ1) is 18.7. The van der Waals surface area contributed by atoms with Gasteiger partial charge in [0.25, 0.3) is 0 Å². The number of hydrogen-bond donors (Lipinski definition) is 6. The maximum Gasteiger partial charge on any atom is 0.394 e. The van der Waals surface area contributed by atoms with E-state index >= 15 is 0 Å². The number of carboxylic acids is 1. The molecule has 0 atom stereocenters. The average Bonchev–Trinajstić information content (AvgIpc) is 2.88. The van der Waals surface area contributed by atoms with Gasteiger partial charge in [0.05, 0.1) is 15.6 Å². The molecule has 1 heterocycles. The number of phenols is 2. The lowest BCUT2D eigenvalue weighted by molar-refractivity contribution is 0.0693. The largest absolute Gasteiger partial charge is 0.508 e. The molecule has 9 nitrogen and oxygen atoms in total. The molecule has 14 heteroatoms. The Labute approximate surface area is 235 Å². The molecule has 5 N–H and O–H groups in total. The van der Waals surface area contributed by atoms with Crippen LogP contribution in [0.25, 0.3) is 20.2 Å². The van der Waals surface area contributed by atoms with Gasteiger partial charge < -0.3 is 15.3 Å². The van der Waals surface area contributed by atoms with Crippen molar-refractivity contribution in [1.82, 2.24) is 0 Å². The van der Waals surface area contributed by atoms with Crippen molar-refractivity contribution in [3.8, 4) is 11.5 Å². The van der Waals surface area contributed by atoms with Crippen LogP contribution in [0, 0.1) is 11.6 Å². The maximum atomic E-state index is 13.7. The predicted molar refractivity (Wildman–Crippen MR) is 150 cm³/mol. The average molecular weight is 611 g/mol. The number of carbonyl (C=O) groups is 1. The van der Waals surface area contributed by atoms with E-state index in [0.29, 0.717) is 15.0 Å². The molecular weight excluding hydrogens is 590 g/mol. The van der Waals surface area contributed by atoms with Crippen molar-refractivity contribution in [2.45, 2.75) is 4.90 Å². The van der Waals surface area contributed by atoms with E-state index in [0.717, 1.165) is 10.8 Å². The zero-order valence-electron chi connectivity index (χ0n) is 20.0. The van der Waals surface area contributed by atoms with Crippen LogP contribution in [-0.2, 0) is 10.4 Å². The van der Waals surface area contributed by atoms with Gasteiger partial charge in [0.15, 0.2) is 5.43 Å². The Morgan fingerprint density at radius 1 is 0.825 bits per heavy atom. The predicted octanol–water partition coefficient (Wildman–Crippen LogP) is 5.81. The molecule has 0 bridgehead atoms. The zero-order valence-corrected chi connectivity index (χ0v) is 22.5. The first-order valence-corrected chi connectivity index (χ1v) is 13.3. The molecule has 210 valence electrons. The third-order valence-corrected chi connectivity index (χ3v) is 6.20. The van der Waals surface area contributed by atoms with Crippen molar-refractivity contribution in [3.63, 3.8) is 0 Å². The summed E-state index contributed by atoms with van der Waals surface area (Å²) in [7, 11) is -4.67. The fraction of sp³-hybridized carbons (Fsp3) is 0. The summed E-state index contributed by atoms with van der Waals surface area (Å²) >= 11 is 5.17. The van der Waals surface area contributed by atoms with Gasteiger partial charge in [-0.2, -0.15) is 8.42 Å². The number of carboxylic acid groups (broad SMARTS) is 1. The van der Waals surface area contributed by atoms with Gasteiger partial charge in [0.2, 0.25) is 0 Å². The van der Waals surface area contributed by atoms with Gasteiger partial charge in [-0.25, -0.2) is 13.6 Å². The molecule has 0 spiro atoms. The highest BCUT2D eigenvalue weighted by atomic mass is 32.3. The SMILES string of the molecule is O=C(O)c1ccccc1S.O=S(=O)(O)O.O=c1c2ccccc2sc2c(O)ccc(F)c12.Oc1ccc(F)cc1. The fourth-order valence-corrected chi connectivity index (χ4v) is 4.30. The summed E-state index contributed by atoms with van der Waals surface area (Å²) in [5, 5.41) is 27.2. The van der Waals surface area contributed by atoms with E-state index in [-0.39, 0.29) is 33.7 Å². The van der Waals surface area contributed by atoms with Crippen molar-refractivity contribution in [1.29, 1.82) is 0 Å². The standard InChI is InChI=1S/C13H7FO2S.C7H6O2S.C6H5FO.H2O4S/c14-8-5-6-9(15)13-11(8)12(16)7-3-1-2-4-10(7)17-13;8-7(9)5-3-1-2-4-6(5)10;7-5-1-3-6(8)4-2-5;1-5(2,3)4/h1-6,15H;1-4,10H,(H,8,9);1-4,8H;(H2,1,2,3,4). The van der Waals surface area contributed by atoms with Crippen molar-refractivity contribution >= 4 is 60.5 Å². The molecule has 0 aliphatic heterocycles. The van der Waals surface area contributed by atoms with Gasteiger partial charge in [-0.15, -0.1) is 24.0 Å². The Bertz CT molecular complexity index is 1760. The second kappa shape index (κ2) is 14.3. The summed E-state index contributed by atoms with van der Waals surface area (Å²) in [6.45, 7) is 0. The van der Waals surface area contributed by atoms with Crippen molar-refractivity contribution < 1.29 is 46.4 Å². The molecule has 5 aromatic rings. The smallest absolute Gasteiger partial charge is 0.394 e. The summed E-state index contributed by atoms with van der Waals surface area (Å²) in [6.07, 6.45) is 0. The molecule has 5 rings (SSSR count). The molecule has 0 saturated heterocycles. The number of benzene rings is 4. The molecule has 0 aliphatic carbocycles. The van der Waals surface area contributed by atoms with Crippen molar-refractivity contribution in [2.24, 2.45) is 0 Å². The van der Waals surface area contributed by atoms with Crippen molar-refractivity contribution in [3.05, 3.63) is 112 Å². The first kappa shape index (κ1) is 32.1. The molecule has 40 heavy (non-hydrogen) atoms. The third kappa shape index (κ3) is 9.91. The molecule has 4 aromatic carbocycles. The maximum absolute atomic E-state index is 13.7. The third-order valence-electron chi connectivity index (χ3n) is 4.62. The lowest BCUT2D eigenvalue weighted by Gasteiger charge is -2.03. The lowest BCUT2D eigenvalue weighted by Crippen LogP contribution is -2.02. The highest BCUT2D eigenvalue weighted by Gasteiger charge is 2.12. The number of phenolic OH excluding ortho intramolecular Hbond substituents is 2. The normalized spacial score (nSPS) is 10.3. The lowest BCUT2D eigenvalue weighted by atomic mass is 10.1. The van der Waals surface area contributed by atoms with Gasteiger partial charge in [-0.05, 0) is 60.7 Å². The molecule has 0 saturated carbocycles. The van der Waals surface area contributed by atoms with E-state index in [1.807, 2.05) is 0 Å². The number of aromatic hydroxyl groups is 2. The van der Waals surface area contributed by atoms with E-state index in [9.17, 15) is 23.5 Å². The van der Waals surface area contributed by atoms with Gasteiger partial charge in [-0.3, -0.25) is 13.9 Å². The second-order valence-electron chi connectivity index (χ2n) is 7.44. The van der Waals surface area contributed by atoms with E-state index in [1.54, 1.807) is 42.5 Å². The van der Waals surface area contributed by atoms with Crippen LogP contribution in [0.1, 0.15) is 10.4 Å². The Hall–Kier alpha value is -4.08. The molecule has 1 aromatic heterocycles.